The van der Waals surface area contributed by atoms with Gasteiger partial charge in [0.15, 0.2) is 6.23 Å². The van der Waals surface area contributed by atoms with Gasteiger partial charge in [-0.2, -0.15) is 5.10 Å². The van der Waals surface area contributed by atoms with Gasteiger partial charge in [-0.15, -0.1) is 0 Å². The van der Waals surface area contributed by atoms with Crippen molar-refractivity contribution in [3.05, 3.63) is 34.5 Å². The van der Waals surface area contributed by atoms with Crippen LogP contribution in [-0.4, -0.2) is 21.3 Å². The van der Waals surface area contributed by atoms with Crippen molar-refractivity contribution in [2.75, 3.05) is 6.61 Å². The molecule has 3 rings (SSSR count). The highest BCUT2D eigenvalue weighted by Crippen LogP contribution is 2.28. The summed E-state index contributed by atoms with van der Waals surface area (Å²) in [5, 5.41) is 15.9. The van der Waals surface area contributed by atoms with E-state index in [1.165, 1.54) is 6.07 Å². The molecule has 1 aromatic heterocycles. The molecule has 6 nitrogen and oxygen atoms in total. The van der Waals surface area contributed by atoms with E-state index in [0.29, 0.717) is 0 Å². The number of hydrogen-bond acceptors (Lipinski definition) is 4. The molecule has 1 saturated heterocycles. The van der Waals surface area contributed by atoms with Crippen LogP contribution in [0.1, 0.15) is 19.1 Å². The van der Waals surface area contributed by atoms with Crippen LogP contribution in [0, 0.1) is 10.1 Å². The molecule has 17 heavy (non-hydrogen) atoms. The maximum atomic E-state index is 10.7. The van der Waals surface area contributed by atoms with Crippen molar-refractivity contribution in [3.63, 3.8) is 0 Å². The van der Waals surface area contributed by atoms with Crippen LogP contribution in [0.2, 0.25) is 0 Å². The lowest BCUT2D eigenvalue weighted by Gasteiger charge is -2.10. The van der Waals surface area contributed by atoms with Crippen LogP contribution in [0.4, 0.5) is 5.69 Å². The number of aromatic nitrogens is 2. The van der Waals surface area contributed by atoms with Crippen molar-refractivity contribution in [2.24, 2.45) is 0 Å². The van der Waals surface area contributed by atoms with Gasteiger partial charge in [0.05, 0.1) is 16.6 Å². The minimum absolute atomic E-state index is 0.0808. The first-order valence-electron chi connectivity index (χ1n) is 5.49. The standard InChI is InChI=1S/C11H11N3O3/c15-14(16)9-4-3-8-7-12-13(10(8)6-9)11-2-1-5-17-11/h3-4,6-7,11H,1-2,5H2. The number of hydrogen-bond donors (Lipinski definition) is 0. The Balaban J connectivity index is 2.11. The molecule has 1 aliphatic heterocycles. The Labute approximate surface area is 96.9 Å². The molecule has 1 atom stereocenters. The average molecular weight is 233 g/mol. The van der Waals surface area contributed by atoms with E-state index in [-0.39, 0.29) is 11.9 Å². The first-order chi connectivity index (χ1) is 8.25. The zero-order valence-electron chi connectivity index (χ0n) is 9.07. The Bertz CT molecular complexity index is 572. The lowest BCUT2D eigenvalue weighted by Crippen LogP contribution is -2.08. The first-order valence-corrected chi connectivity index (χ1v) is 5.49. The van der Waals surface area contributed by atoms with Crippen molar-refractivity contribution in [2.45, 2.75) is 19.1 Å². The molecule has 0 N–H and O–H groups in total. The molecule has 0 saturated carbocycles. The third-order valence-electron chi connectivity index (χ3n) is 2.97. The van der Waals surface area contributed by atoms with E-state index in [0.717, 1.165) is 30.4 Å². The van der Waals surface area contributed by atoms with E-state index in [1.54, 1.807) is 23.0 Å². The number of non-ortho nitro benzene ring substituents is 1. The molecular weight excluding hydrogens is 222 g/mol. The molecule has 6 heteroatoms. The normalized spacial score (nSPS) is 19.9. The van der Waals surface area contributed by atoms with Gasteiger partial charge in [0.25, 0.3) is 5.69 Å². The second-order valence-corrected chi connectivity index (χ2v) is 4.06. The van der Waals surface area contributed by atoms with Crippen molar-refractivity contribution >= 4 is 16.6 Å². The second kappa shape index (κ2) is 3.81. The molecule has 0 radical (unpaired) electrons. The number of rotatable bonds is 2. The molecule has 0 aliphatic carbocycles. The summed E-state index contributed by atoms with van der Waals surface area (Å²) in [7, 11) is 0. The summed E-state index contributed by atoms with van der Waals surface area (Å²) in [6, 6.07) is 4.75. The Hall–Kier alpha value is -1.95. The summed E-state index contributed by atoms with van der Waals surface area (Å²) in [4.78, 5) is 10.3. The number of ether oxygens (including phenoxy) is 1. The van der Waals surface area contributed by atoms with E-state index in [1.807, 2.05) is 0 Å². The summed E-state index contributed by atoms with van der Waals surface area (Å²) in [6.45, 7) is 0.723. The van der Waals surface area contributed by atoms with Crippen LogP contribution < -0.4 is 0 Å². The predicted octanol–water partition coefficient (Wildman–Crippen LogP) is 2.25. The fourth-order valence-electron chi connectivity index (χ4n) is 2.12. The van der Waals surface area contributed by atoms with Crippen LogP contribution in [-0.2, 0) is 4.74 Å². The number of benzene rings is 1. The summed E-state index contributed by atoms with van der Waals surface area (Å²) in [6.07, 6.45) is 3.52. The van der Waals surface area contributed by atoms with E-state index >= 15 is 0 Å². The minimum Gasteiger partial charge on any atom is -0.356 e. The van der Waals surface area contributed by atoms with E-state index in [4.69, 9.17) is 4.74 Å². The molecular formula is C11H11N3O3. The summed E-state index contributed by atoms with van der Waals surface area (Å²) >= 11 is 0. The highest BCUT2D eigenvalue weighted by molar-refractivity contribution is 5.81. The Morgan fingerprint density at radius 3 is 3.12 bits per heavy atom. The quantitative estimate of drug-likeness (QED) is 0.589. The van der Waals surface area contributed by atoms with Gasteiger partial charge in [-0.1, -0.05) is 0 Å². The molecule has 1 aromatic carbocycles. The van der Waals surface area contributed by atoms with Gasteiger partial charge in [-0.3, -0.25) is 10.1 Å². The zero-order valence-corrected chi connectivity index (χ0v) is 9.07. The Kier molecular flexibility index (Phi) is 2.29. The molecule has 1 aliphatic rings. The molecule has 1 unspecified atom stereocenters. The number of nitro benzene ring substituents is 1. The molecule has 2 aromatic rings. The lowest BCUT2D eigenvalue weighted by atomic mass is 10.2. The SMILES string of the molecule is O=[N+]([O-])c1ccc2cnn(C3CCCO3)c2c1. The van der Waals surface area contributed by atoms with Gasteiger partial charge in [0.1, 0.15) is 0 Å². The van der Waals surface area contributed by atoms with Crippen molar-refractivity contribution < 1.29 is 9.66 Å². The molecule has 88 valence electrons. The van der Waals surface area contributed by atoms with Crippen LogP contribution in [0.25, 0.3) is 10.9 Å². The largest absolute Gasteiger partial charge is 0.356 e. The maximum absolute atomic E-state index is 10.7. The third kappa shape index (κ3) is 1.66. The van der Waals surface area contributed by atoms with Gasteiger partial charge >= 0.3 is 0 Å². The zero-order chi connectivity index (χ0) is 11.8. The Morgan fingerprint density at radius 2 is 2.41 bits per heavy atom. The number of nitrogens with zero attached hydrogens (tertiary/aromatic N) is 3. The maximum Gasteiger partial charge on any atom is 0.271 e. The van der Waals surface area contributed by atoms with E-state index < -0.39 is 4.92 Å². The minimum atomic E-state index is -0.397. The number of fused-ring (bicyclic) bond motifs is 1. The third-order valence-corrected chi connectivity index (χ3v) is 2.97. The molecule has 0 spiro atoms. The van der Waals surface area contributed by atoms with Crippen LogP contribution >= 0.6 is 0 Å². The van der Waals surface area contributed by atoms with Gasteiger partial charge < -0.3 is 4.74 Å². The molecule has 2 heterocycles. The second-order valence-electron chi connectivity index (χ2n) is 4.06. The summed E-state index contributed by atoms with van der Waals surface area (Å²) < 4.78 is 7.27. The Morgan fingerprint density at radius 1 is 1.53 bits per heavy atom. The van der Waals surface area contributed by atoms with E-state index in [2.05, 4.69) is 5.10 Å². The van der Waals surface area contributed by atoms with Crippen LogP contribution in [0.3, 0.4) is 0 Å². The van der Waals surface area contributed by atoms with Gasteiger partial charge in [0, 0.05) is 24.1 Å². The smallest absolute Gasteiger partial charge is 0.271 e. The van der Waals surface area contributed by atoms with Crippen LogP contribution in [0.15, 0.2) is 24.4 Å². The first kappa shape index (κ1) is 10.2. The molecule has 0 bridgehead atoms. The molecule has 1 fully saturated rings. The number of nitro groups is 1. The van der Waals surface area contributed by atoms with E-state index in [9.17, 15) is 10.1 Å². The molecule has 0 amide bonds. The van der Waals surface area contributed by atoms with Gasteiger partial charge in [-0.05, 0) is 18.9 Å². The average Bonchev–Trinajstić information content (AvgIpc) is 2.96. The monoisotopic (exact) mass is 233 g/mol. The van der Waals surface area contributed by atoms with Crippen LogP contribution in [0.5, 0.6) is 0 Å². The lowest BCUT2D eigenvalue weighted by molar-refractivity contribution is -0.384. The van der Waals surface area contributed by atoms with Gasteiger partial charge in [-0.25, -0.2) is 4.68 Å². The van der Waals surface area contributed by atoms with Gasteiger partial charge in [0.2, 0.25) is 0 Å². The fraction of sp³-hybridized carbons (Fsp3) is 0.364. The summed E-state index contributed by atoms with van der Waals surface area (Å²) in [5.74, 6) is 0. The topological polar surface area (TPSA) is 70.2 Å². The van der Waals surface area contributed by atoms with Crippen molar-refractivity contribution in [1.82, 2.24) is 9.78 Å². The highest BCUT2D eigenvalue weighted by atomic mass is 16.6. The summed E-state index contributed by atoms with van der Waals surface area (Å²) in [5.41, 5.74) is 0.836. The highest BCUT2D eigenvalue weighted by Gasteiger charge is 2.21. The van der Waals surface area contributed by atoms with Crippen molar-refractivity contribution in [1.29, 1.82) is 0 Å². The predicted molar refractivity (Wildman–Crippen MR) is 60.6 cm³/mol. The fourth-order valence-corrected chi connectivity index (χ4v) is 2.12. The van der Waals surface area contributed by atoms with Crippen molar-refractivity contribution in [3.8, 4) is 0 Å².